The first-order valence-electron chi connectivity index (χ1n) is 3.59. The topological polar surface area (TPSA) is 43.4 Å². The minimum Gasteiger partial charge on any atom is -0.737 e. The standard InChI is InChI=1S/C9H8O3S.Cu/c1-6(10)12-8-4-2-7(3-5-8)9(11)13;/h2-5H,1H3,(H,11,13);/q;+1/p-1. The molecule has 5 heteroatoms. The fraction of sp³-hybridized carbons (Fsp3) is 0.111. The van der Waals surface area contributed by atoms with Crippen molar-refractivity contribution in [2.24, 2.45) is 0 Å². The average Bonchev–Trinajstić information content (AvgIpc) is 2.04. The molecule has 0 saturated carbocycles. The van der Waals surface area contributed by atoms with Gasteiger partial charge in [-0.2, -0.15) is 0 Å². The summed E-state index contributed by atoms with van der Waals surface area (Å²) in [6.45, 7) is 1.31. The molecule has 0 aliphatic carbocycles. The van der Waals surface area contributed by atoms with E-state index in [1.165, 1.54) is 31.2 Å². The predicted octanol–water partition coefficient (Wildman–Crippen LogP) is 1.30. The van der Waals surface area contributed by atoms with E-state index in [0.717, 1.165) is 0 Å². The summed E-state index contributed by atoms with van der Waals surface area (Å²) in [4.78, 5) is 21.2. The van der Waals surface area contributed by atoms with Gasteiger partial charge in [0.1, 0.15) is 5.75 Å². The number of carbonyl (C=O) groups excluding carboxylic acids is 2. The second-order valence-corrected chi connectivity index (χ2v) is 2.78. The van der Waals surface area contributed by atoms with Crippen LogP contribution in [0.25, 0.3) is 0 Å². The van der Waals surface area contributed by atoms with Crippen LogP contribution in [0.5, 0.6) is 5.75 Å². The number of hydrogen-bond donors (Lipinski definition) is 0. The molecule has 0 N–H and O–H groups in total. The van der Waals surface area contributed by atoms with Crippen LogP contribution in [-0.2, 0) is 34.5 Å². The van der Waals surface area contributed by atoms with Gasteiger partial charge in [0.2, 0.25) is 0 Å². The van der Waals surface area contributed by atoms with Crippen LogP contribution in [0.2, 0.25) is 0 Å². The van der Waals surface area contributed by atoms with E-state index in [0.29, 0.717) is 11.3 Å². The van der Waals surface area contributed by atoms with Gasteiger partial charge in [0.25, 0.3) is 0 Å². The van der Waals surface area contributed by atoms with Crippen molar-refractivity contribution in [1.82, 2.24) is 0 Å². The van der Waals surface area contributed by atoms with Gasteiger partial charge in [0, 0.05) is 12.0 Å². The zero-order valence-corrected chi connectivity index (χ0v) is 9.00. The molecule has 0 saturated heterocycles. The van der Waals surface area contributed by atoms with Crippen LogP contribution in [0, 0.1) is 0 Å². The van der Waals surface area contributed by atoms with Crippen molar-refractivity contribution in [2.75, 3.05) is 0 Å². The van der Waals surface area contributed by atoms with Crippen LogP contribution in [0.4, 0.5) is 0 Å². The van der Waals surface area contributed by atoms with E-state index in [1.807, 2.05) is 0 Å². The Morgan fingerprint density at radius 1 is 1.21 bits per heavy atom. The van der Waals surface area contributed by atoms with Crippen LogP contribution in [0.1, 0.15) is 17.3 Å². The molecule has 0 bridgehead atoms. The average molecular weight is 259 g/mol. The summed E-state index contributed by atoms with van der Waals surface area (Å²) in [7, 11) is 0. The Morgan fingerprint density at radius 3 is 2.07 bits per heavy atom. The predicted molar refractivity (Wildman–Crippen MR) is 49.4 cm³/mol. The van der Waals surface area contributed by atoms with E-state index in [-0.39, 0.29) is 17.1 Å². The first kappa shape index (κ1) is 13.1. The second kappa shape index (κ2) is 5.75. The smallest absolute Gasteiger partial charge is 0.737 e. The molecule has 0 fully saturated rings. The van der Waals surface area contributed by atoms with Crippen molar-refractivity contribution in [1.29, 1.82) is 0 Å². The quantitative estimate of drug-likeness (QED) is 0.347. The summed E-state index contributed by atoms with van der Waals surface area (Å²) in [6, 6.07) is 6.10. The van der Waals surface area contributed by atoms with E-state index < -0.39 is 11.1 Å². The second-order valence-electron chi connectivity index (χ2n) is 2.41. The van der Waals surface area contributed by atoms with Gasteiger partial charge >= 0.3 is 23.0 Å². The first-order chi connectivity index (χ1) is 6.09. The molecule has 1 rings (SSSR count). The molecule has 0 spiro atoms. The molecule has 1 aromatic rings. The molecule has 0 radical (unpaired) electrons. The van der Waals surface area contributed by atoms with E-state index in [4.69, 9.17) is 4.74 Å². The zero-order chi connectivity index (χ0) is 9.84. The van der Waals surface area contributed by atoms with Crippen LogP contribution in [-0.4, -0.2) is 11.1 Å². The molecule has 0 unspecified atom stereocenters. The van der Waals surface area contributed by atoms with Crippen molar-refractivity contribution in [2.45, 2.75) is 6.92 Å². The van der Waals surface area contributed by atoms with E-state index in [9.17, 15) is 9.59 Å². The van der Waals surface area contributed by atoms with Crippen molar-refractivity contribution < 1.29 is 31.4 Å². The number of benzene rings is 1. The SMILES string of the molecule is CC(=O)Oc1ccc(C(=O)[S-])cc1.[Cu+]. The molecule has 0 heterocycles. The molecular formula is C9H7CuO3S. The largest absolute Gasteiger partial charge is 1.00 e. The number of esters is 1. The normalized spacial score (nSPS) is 8.64. The minimum atomic E-state index is -0.422. The van der Waals surface area contributed by atoms with E-state index in [2.05, 4.69) is 12.6 Å². The molecule has 0 amide bonds. The van der Waals surface area contributed by atoms with Crippen LogP contribution in [0.15, 0.2) is 24.3 Å². The third kappa shape index (κ3) is 3.87. The molecule has 1 aromatic carbocycles. The fourth-order valence-corrected chi connectivity index (χ4v) is 0.961. The Bertz CT molecular complexity index is 334. The Kier molecular flexibility index (Phi) is 5.38. The zero-order valence-electron chi connectivity index (χ0n) is 7.24. The molecule has 3 nitrogen and oxygen atoms in total. The third-order valence-electron chi connectivity index (χ3n) is 1.35. The summed E-state index contributed by atoms with van der Waals surface area (Å²) < 4.78 is 4.76. The van der Waals surface area contributed by atoms with Gasteiger partial charge in [-0.15, -0.1) is 0 Å². The van der Waals surface area contributed by atoms with Crippen molar-refractivity contribution in [3.63, 3.8) is 0 Å². The van der Waals surface area contributed by atoms with E-state index >= 15 is 0 Å². The molecule has 0 aliphatic heterocycles. The Labute approximate surface area is 97.7 Å². The van der Waals surface area contributed by atoms with Crippen LogP contribution < -0.4 is 4.74 Å². The third-order valence-corrected chi connectivity index (χ3v) is 1.59. The maximum Gasteiger partial charge on any atom is 1.00 e. The summed E-state index contributed by atoms with van der Waals surface area (Å²) in [5.74, 6) is 0.0185. The van der Waals surface area contributed by atoms with Gasteiger partial charge in [-0.25, -0.2) is 0 Å². The van der Waals surface area contributed by atoms with Crippen molar-refractivity contribution in [3.8, 4) is 5.75 Å². The van der Waals surface area contributed by atoms with Gasteiger partial charge in [-0.3, -0.25) is 4.79 Å². The molecular weight excluding hydrogens is 252 g/mol. The summed E-state index contributed by atoms with van der Waals surface area (Å²) in [5.41, 5.74) is 0.422. The van der Waals surface area contributed by atoms with Gasteiger partial charge in [0.15, 0.2) is 0 Å². The van der Waals surface area contributed by atoms with Crippen LogP contribution >= 0.6 is 0 Å². The van der Waals surface area contributed by atoms with Crippen molar-refractivity contribution in [3.05, 3.63) is 29.8 Å². The summed E-state index contributed by atoms with van der Waals surface area (Å²) in [6.07, 6.45) is 0. The summed E-state index contributed by atoms with van der Waals surface area (Å²) in [5, 5.41) is -0.422. The van der Waals surface area contributed by atoms with Crippen LogP contribution in [0.3, 0.4) is 0 Å². The molecule has 14 heavy (non-hydrogen) atoms. The van der Waals surface area contributed by atoms with Crippen molar-refractivity contribution >= 4 is 23.7 Å². The number of carbonyl (C=O) groups is 2. The monoisotopic (exact) mass is 258 g/mol. The van der Waals surface area contributed by atoms with Gasteiger partial charge in [-0.1, -0.05) is 0 Å². The number of hydrogen-bond acceptors (Lipinski definition) is 4. The Balaban J connectivity index is 0.00000169. The van der Waals surface area contributed by atoms with Gasteiger partial charge in [0.05, 0.1) is 0 Å². The van der Waals surface area contributed by atoms with Gasteiger partial charge in [-0.05, 0) is 29.8 Å². The first-order valence-corrected chi connectivity index (χ1v) is 4.00. The maximum atomic E-state index is 10.7. The van der Waals surface area contributed by atoms with E-state index in [1.54, 1.807) is 0 Å². The molecule has 0 aromatic heterocycles. The minimum absolute atomic E-state index is 0. The molecule has 78 valence electrons. The number of ether oxygens (including phenoxy) is 1. The molecule has 0 aliphatic rings. The Morgan fingerprint density at radius 2 is 1.71 bits per heavy atom. The Hall–Kier alpha value is -0.901. The molecule has 0 atom stereocenters. The fourth-order valence-electron chi connectivity index (χ4n) is 0.825. The van der Waals surface area contributed by atoms with Gasteiger partial charge < -0.3 is 22.2 Å². The maximum absolute atomic E-state index is 10.7. The summed E-state index contributed by atoms with van der Waals surface area (Å²) >= 11 is 4.43. The number of rotatable bonds is 2.